The van der Waals surface area contributed by atoms with Crippen LogP contribution in [-0.2, 0) is 47.5 Å². The van der Waals surface area contributed by atoms with Crippen LogP contribution in [-0.4, -0.2) is 137 Å². The second-order valence-corrected chi connectivity index (χ2v) is 18.9. The van der Waals surface area contributed by atoms with Crippen molar-refractivity contribution >= 4 is 17.4 Å². The molecule has 4 unspecified atom stereocenters. The maximum absolute atomic E-state index is 15.0. The number of anilines is 1. The first-order valence-electron chi connectivity index (χ1n) is 22.9. The van der Waals surface area contributed by atoms with Gasteiger partial charge in [0.1, 0.15) is 36.1 Å². The quantitative estimate of drug-likeness (QED) is 0.250. The lowest BCUT2D eigenvalue weighted by Gasteiger charge is -2.47. The average Bonchev–Trinajstić information content (AvgIpc) is 3.81. The molecule has 0 aromatic heterocycles. The van der Waals surface area contributed by atoms with Gasteiger partial charge in [-0.2, -0.15) is 0 Å². The number of carbonyl (C=O) groups excluding carboxylic acids is 2. The molecule has 348 valence electrons. The molecule has 0 spiro atoms. The number of fused-ring (bicyclic) bond motifs is 5. The van der Waals surface area contributed by atoms with E-state index in [1.807, 2.05) is 40.9 Å². The van der Waals surface area contributed by atoms with Crippen molar-refractivity contribution in [2.24, 2.45) is 35.5 Å². The number of ketones is 1. The van der Waals surface area contributed by atoms with Crippen LogP contribution in [0.3, 0.4) is 0 Å². The monoisotopic (exact) mass is 876 g/mol. The number of rotatable bonds is 11. The molecule has 3 heterocycles. The van der Waals surface area contributed by atoms with E-state index in [9.17, 15) is 18.7 Å². The average molecular weight is 877 g/mol. The molecular formula is C47H70F2N2O11. The molecule has 15 heteroatoms. The van der Waals surface area contributed by atoms with E-state index in [1.165, 1.54) is 12.1 Å². The largest absolute Gasteiger partial charge is 0.462 e. The van der Waals surface area contributed by atoms with E-state index in [1.54, 1.807) is 21.3 Å². The zero-order valence-electron chi connectivity index (χ0n) is 37.9. The van der Waals surface area contributed by atoms with E-state index in [4.69, 9.17) is 37.9 Å². The molecule has 13 nitrogen and oxygen atoms in total. The molecule has 3 aliphatic heterocycles. The zero-order chi connectivity index (χ0) is 44.6. The summed E-state index contributed by atoms with van der Waals surface area (Å²) in [6.45, 7) is 7.85. The molecule has 1 aromatic rings. The van der Waals surface area contributed by atoms with Gasteiger partial charge < -0.3 is 53.2 Å². The Labute approximate surface area is 365 Å². The number of benzene rings is 1. The predicted octanol–water partition coefficient (Wildman–Crippen LogP) is 6.05. The number of esters is 1. The van der Waals surface area contributed by atoms with E-state index in [-0.39, 0.29) is 66.1 Å². The Balaban J connectivity index is 1.21. The first-order valence-corrected chi connectivity index (χ1v) is 22.9. The number of aliphatic hydroxyl groups excluding tert-OH is 1. The normalized spacial score (nSPS) is 42.9. The molecule has 5 fully saturated rings. The van der Waals surface area contributed by atoms with Gasteiger partial charge in [0.2, 0.25) is 0 Å². The van der Waals surface area contributed by atoms with Gasteiger partial charge in [0.15, 0.2) is 18.4 Å². The second kappa shape index (κ2) is 20.3. The number of nitrogens with zero attached hydrogens (tertiary/aromatic N) is 1. The van der Waals surface area contributed by atoms with Crippen molar-refractivity contribution < 1.29 is 61.4 Å². The fourth-order valence-electron chi connectivity index (χ4n) is 12.0. The zero-order valence-corrected chi connectivity index (χ0v) is 37.9. The Kier molecular flexibility index (Phi) is 15.5. The van der Waals surface area contributed by atoms with Crippen LogP contribution in [0.4, 0.5) is 14.5 Å². The van der Waals surface area contributed by atoms with Crippen molar-refractivity contribution in [1.29, 1.82) is 0 Å². The maximum atomic E-state index is 15.0. The van der Waals surface area contributed by atoms with Crippen LogP contribution in [0.5, 0.6) is 0 Å². The number of nitrogens with one attached hydrogen (secondary N) is 1. The molecule has 0 radical (unpaired) electrons. The molecule has 2 N–H and O–H groups in total. The van der Waals surface area contributed by atoms with Crippen LogP contribution >= 0.6 is 0 Å². The highest BCUT2D eigenvalue weighted by Crippen LogP contribution is 2.57. The van der Waals surface area contributed by atoms with Crippen LogP contribution in [0.2, 0.25) is 0 Å². The lowest BCUT2D eigenvalue weighted by Crippen LogP contribution is -2.59. The van der Waals surface area contributed by atoms with Gasteiger partial charge in [0.25, 0.3) is 0 Å². The minimum atomic E-state index is -1.12. The highest BCUT2D eigenvalue weighted by Gasteiger charge is 2.60. The van der Waals surface area contributed by atoms with Crippen molar-refractivity contribution in [2.45, 2.75) is 165 Å². The summed E-state index contributed by atoms with van der Waals surface area (Å²) in [7, 11) is 8.87. The fraction of sp³-hybridized carbons (Fsp3) is 0.787. The van der Waals surface area contributed by atoms with E-state index < -0.39 is 84.5 Å². The number of cyclic esters (lactones) is 1. The standard InChI is InChI=1S/C47H70F2N2O11/c1-10-29-12-11-13-37(62-39-15-14-36(51(5)6)24(3)58-39)23(2)42(53)35-21-32-31-19-30(61-47-46(57-9)45(56-8)44(55-7)25(4)59-47)20-34(31)41(50-28-17-26(48)16-27(49)18-28)43(54)40(32)33(35)22-38(52)60-29/h16-18,21,23-25,29-34,36-37,39-41,43-47,50,54H,10-15,19-20,22H2,1-9H3/t23-,24?,25?,29+,30+,31+,32+,33-,34-,36+,37+,39+,40-,41+,43+,44+,45?,46?,47+/m1/s1. The Morgan fingerprint density at radius 2 is 1.55 bits per heavy atom. The molecule has 2 saturated carbocycles. The highest BCUT2D eigenvalue weighted by atomic mass is 19.1. The Bertz CT molecular complexity index is 1720. The van der Waals surface area contributed by atoms with E-state index >= 15 is 4.79 Å². The number of carbonyl (C=O) groups is 2. The van der Waals surface area contributed by atoms with Crippen molar-refractivity contribution in [3.8, 4) is 0 Å². The van der Waals surface area contributed by atoms with Gasteiger partial charge in [-0.3, -0.25) is 9.59 Å². The van der Waals surface area contributed by atoms with E-state index in [2.05, 4.69) is 17.1 Å². The van der Waals surface area contributed by atoms with E-state index in [0.717, 1.165) is 12.5 Å². The van der Waals surface area contributed by atoms with Crippen LogP contribution < -0.4 is 5.32 Å². The molecule has 1 aromatic carbocycles. The summed E-state index contributed by atoms with van der Waals surface area (Å²) in [5, 5.41) is 16.0. The van der Waals surface area contributed by atoms with Gasteiger partial charge in [0.05, 0.1) is 43.0 Å². The number of hydrogen-bond donors (Lipinski definition) is 2. The van der Waals surface area contributed by atoms with Crippen molar-refractivity contribution in [3.05, 3.63) is 41.5 Å². The molecule has 3 aliphatic carbocycles. The van der Waals surface area contributed by atoms with Gasteiger partial charge >= 0.3 is 5.97 Å². The SMILES string of the molecule is CC[C@H]1CCC[C@H](O[C@H]2CC[C@H](N(C)C)C(C)O2)[C@@H](C)C(=O)C2=C[C@H]3[C@@H]4C[C@H](O[C@@H]5OC(C)[C@H](OC)C(OC)C5OC)C[C@H]4[C@H](Nc4cc(F)cc(F)c4)[C@@H](O)[C@H]3[C@@H]2CC(=O)O1. The first-order chi connectivity index (χ1) is 29.6. The molecule has 3 saturated heterocycles. The molecule has 6 aliphatic rings. The molecule has 0 bridgehead atoms. The van der Waals surface area contributed by atoms with Crippen LogP contribution in [0, 0.1) is 47.1 Å². The summed E-state index contributed by atoms with van der Waals surface area (Å²) in [5.41, 5.74) is 0.677. The summed E-state index contributed by atoms with van der Waals surface area (Å²) in [6.07, 6.45) is 1.63. The number of hydrogen-bond acceptors (Lipinski definition) is 13. The van der Waals surface area contributed by atoms with Crippen molar-refractivity contribution in [3.63, 3.8) is 0 Å². The molecule has 19 atom stereocenters. The third kappa shape index (κ3) is 9.81. The molecule has 0 amide bonds. The summed E-state index contributed by atoms with van der Waals surface area (Å²) in [5.74, 6) is -4.61. The Morgan fingerprint density at radius 1 is 0.855 bits per heavy atom. The number of halogens is 2. The van der Waals surface area contributed by atoms with Gasteiger partial charge in [-0.15, -0.1) is 0 Å². The summed E-state index contributed by atoms with van der Waals surface area (Å²) in [6, 6.07) is 2.77. The van der Waals surface area contributed by atoms with Crippen molar-refractivity contribution in [2.75, 3.05) is 40.7 Å². The third-order valence-electron chi connectivity index (χ3n) is 15.1. The Morgan fingerprint density at radius 3 is 2.19 bits per heavy atom. The van der Waals surface area contributed by atoms with Gasteiger partial charge in [0, 0.05) is 56.9 Å². The van der Waals surface area contributed by atoms with Gasteiger partial charge in [-0.25, -0.2) is 8.78 Å². The maximum Gasteiger partial charge on any atom is 0.306 e. The molecule has 62 heavy (non-hydrogen) atoms. The topological polar surface area (TPSA) is 143 Å². The number of Topliss-reactive ketones (excluding diaryl/α,β-unsaturated/α-hetero) is 1. The second-order valence-electron chi connectivity index (χ2n) is 18.9. The van der Waals surface area contributed by atoms with Gasteiger partial charge in [-0.1, -0.05) is 19.9 Å². The smallest absolute Gasteiger partial charge is 0.306 e. The minimum absolute atomic E-state index is 0.0499. The number of methoxy groups -OCH3 is 3. The first kappa shape index (κ1) is 47.4. The number of allylic oxidation sites excluding steroid dienone is 2. The predicted molar refractivity (Wildman–Crippen MR) is 225 cm³/mol. The molecular weight excluding hydrogens is 807 g/mol. The lowest BCUT2D eigenvalue weighted by atomic mass is 9.62. The molecule has 7 rings (SSSR count). The summed E-state index contributed by atoms with van der Waals surface area (Å²) >= 11 is 0. The number of ether oxygens (including phenoxy) is 8. The third-order valence-corrected chi connectivity index (χ3v) is 15.1. The fourth-order valence-corrected chi connectivity index (χ4v) is 12.0. The van der Waals surface area contributed by atoms with Crippen LogP contribution in [0.25, 0.3) is 0 Å². The van der Waals surface area contributed by atoms with E-state index in [0.29, 0.717) is 50.5 Å². The number of aliphatic hydroxyl groups is 1. The number of likely N-dealkylation sites (N-methyl/N-ethyl adjacent to an activating group) is 1. The van der Waals surface area contributed by atoms with Gasteiger partial charge in [-0.05, 0) is 115 Å². The van der Waals surface area contributed by atoms with Crippen molar-refractivity contribution in [1.82, 2.24) is 4.90 Å². The van der Waals surface area contributed by atoms with Crippen LogP contribution in [0.15, 0.2) is 29.8 Å². The lowest BCUT2D eigenvalue weighted by molar-refractivity contribution is -0.314. The van der Waals surface area contributed by atoms with Crippen LogP contribution in [0.1, 0.15) is 85.5 Å². The Hall–Kier alpha value is -2.60. The summed E-state index contributed by atoms with van der Waals surface area (Å²) in [4.78, 5) is 31.1. The minimum Gasteiger partial charge on any atom is -0.462 e. The summed E-state index contributed by atoms with van der Waals surface area (Å²) < 4.78 is 79.1. The highest BCUT2D eigenvalue weighted by molar-refractivity contribution is 5.99.